The molecule has 0 bridgehead atoms. The zero-order valence-electron chi connectivity index (χ0n) is 16.9. The van der Waals surface area contributed by atoms with Gasteiger partial charge in [-0.1, -0.05) is 10.8 Å². The summed E-state index contributed by atoms with van der Waals surface area (Å²) in [5, 5.41) is 7.21. The molecule has 0 aliphatic carbocycles. The van der Waals surface area contributed by atoms with Gasteiger partial charge in [0, 0.05) is 47.7 Å². The average Bonchev–Trinajstić information content (AvgIpc) is 2.97. The Balaban J connectivity index is 2.45. The Hall–Kier alpha value is -0.710. The summed E-state index contributed by atoms with van der Waals surface area (Å²) in [5.74, 6) is -2.03. The molecule has 10 nitrogen and oxygen atoms in total. The van der Waals surface area contributed by atoms with E-state index in [0.29, 0.717) is 0 Å². The van der Waals surface area contributed by atoms with Gasteiger partial charge in [0.1, 0.15) is 17.4 Å². The fourth-order valence-corrected chi connectivity index (χ4v) is 7.28. The number of carbonyl (C=O) groups is 5. The van der Waals surface area contributed by atoms with Crippen LogP contribution in [0, 0.1) is 0 Å². The number of rotatable bonds is 12. The van der Waals surface area contributed by atoms with Crippen LogP contribution in [0.4, 0.5) is 0 Å². The number of ether oxygens (including phenoxy) is 1. The van der Waals surface area contributed by atoms with Crippen molar-refractivity contribution in [3.8, 4) is 0 Å². The van der Waals surface area contributed by atoms with Crippen molar-refractivity contribution in [3.63, 3.8) is 0 Å². The summed E-state index contributed by atoms with van der Waals surface area (Å²) in [7, 11) is 5.56. The van der Waals surface area contributed by atoms with Gasteiger partial charge in [-0.25, -0.2) is 0 Å². The van der Waals surface area contributed by atoms with E-state index < -0.39 is 35.4 Å². The lowest BCUT2D eigenvalue weighted by Gasteiger charge is -2.24. The second-order valence-electron chi connectivity index (χ2n) is 6.41. The molecular weight excluding hydrogens is 567 g/mol. The molecule has 0 aromatic rings. The Kier molecular flexibility index (Phi) is 12.4. The summed E-state index contributed by atoms with van der Waals surface area (Å²) in [5.41, 5.74) is 0. The molecule has 0 spiro atoms. The first-order chi connectivity index (χ1) is 14.1. The van der Waals surface area contributed by atoms with Gasteiger partial charge in [-0.15, -0.1) is 0 Å². The molecule has 14 heteroatoms. The second kappa shape index (κ2) is 13.6. The van der Waals surface area contributed by atoms with E-state index in [1.54, 1.807) is 13.8 Å². The molecule has 0 saturated carbocycles. The zero-order chi connectivity index (χ0) is 22.8. The lowest BCUT2D eigenvalue weighted by molar-refractivity contribution is -0.146. The standard InChI is InChI=1S/C16H25IN4O6S3/c1-8(21-13(23)7-11(16(21)26)28-30-29-17)14(24)20-10(3)19-12(22)5-6-18-15(25)9(2)27-4/h8-11H,5-7H2,1-4H3,(H,18,25)(H,19,22)(H,20,24). The maximum Gasteiger partial charge on any atom is 0.248 e. The molecule has 1 fully saturated rings. The highest BCUT2D eigenvalue weighted by Crippen LogP contribution is 2.44. The van der Waals surface area contributed by atoms with E-state index in [1.165, 1.54) is 42.6 Å². The summed E-state index contributed by atoms with van der Waals surface area (Å²) in [6.45, 7) is 4.75. The van der Waals surface area contributed by atoms with Crippen LogP contribution >= 0.6 is 49.8 Å². The third-order valence-electron chi connectivity index (χ3n) is 4.20. The number of nitrogens with one attached hydrogen (secondary N) is 3. The molecule has 1 heterocycles. The van der Waals surface area contributed by atoms with Gasteiger partial charge in [0.05, 0.1) is 6.17 Å². The lowest BCUT2D eigenvalue weighted by atomic mass is 10.2. The van der Waals surface area contributed by atoms with E-state index in [-0.39, 0.29) is 37.1 Å². The predicted octanol–water partition coefficient (Wildman–Crippen LogP) is 1.00. The van der Waals surface area contributed by atoms with Crippen LogP contribution in [-0.4, -0.2) is 71.7 Å². The van der Waals surface area contributed by atoms with Crippen molar-refractivity contribution >= 4 is 79.3 Å². The molecule has 4 atom stereocenters. The average molecular weight is 593 g/mol. The lowest BCUT2D eigenvalue weighted by Crippen LogP contribution is -2.54. The Bertz CT molecular complexity index is 671. The van der Waals surface area contributed by atoms with E-state index in [2.05, 4.69) is 37.2 Å². The normalized spacial score (nSPS) is 19.2. The highest BCUT2D eigenvalue weighted by atomic mass is 127. The largest absolute Gasteiger partial charge is 0.372 e. The molecule has 1 aliphatic rings. The van der Waals surface area contributed by atoms with E-state index in [4.69, 9.17) is 4.74 Å². The Morgan fingerprint density at radius 1 is 1.20 bits per heavy atom. The first kappa shape index (κ1) is 27.3. The predicted molar refractivity (Wildman–Crippen MR) is 126 cm³/mol. The van der Waals surface area contributed by atoms with Gasteiger partial charge < -0.3 is 20.7 Å². The topological polar surface area (TPSA) is 134 Å². The van der Waals surface area contributed by atoms with Crippen LogP contribution in [0.25, 0.3) is 0 Å². The number of carbonyl (C=O) groups excluding carboxylic acids is 5. The van der Waals surface area contributed by atoms with Gasteiger partial charge in [0.25, 0.3) is 0 Å². The number of imide groups is 1. The van der Waals surface area contributed by atoms with Crippen molar-refractivity contribution in [3.05, 3.63) is 0 Å². The van der Waals surface area contributed by atoms with Crippen molar-refractivity contribution in [1.82, 2.24) is 20.9 Å². The minimum Gasteiger partial charge on any atom is -0.372 e. The summed E-state index contributed by atoms with van der Waals surface area (Å²) in [6, 6.07) is -0.984. The van der Waals surface area contributed by atoms with Crippen molar-refractivity contribution in [2.45, 2.75) is 57.2 Å². The number of amides is 5. The van der Waals surface area contributed by atoms with Crippen molar-refractivity contribution < 1.29 is 28.7 Å². The minimum absolute atomic E-state index is 0.0203. The molecule has 5 amide bonds. The molecule has 0 aromatic heterocycles. The van der Waals surface area contributed by atoms with Crippen LogP contribution in [0.15, 0.2) is 0 Å². The van der Waals surface area contributed by atoms with Crippen molar-refractivity contribution in [2.75, 3.05) is 13.7 Å². The Morgan fingerprint density at radius 3 is 2.47 bits per heavy atom. The molecule has 1 saturated heterocycles. The van der Waals surface area contributed by atoms with Crippen LogP contribution in [0.3, 0.4) is 0 Å². The first-order valence-corrected chi connectivity index (χ1v) is 15.1. The third-order valence-corrected chi connectivity index (χ3v) is 11.2. The highest BCUT2D eigenvalue weighted by Gasteiger charge is 2.43. The number of nitrogens with zero attached hydrogens (tertiary/aromatic N) is 1. The first-order valence-electron chi connectivity index (χ1n) is 8.99. The molecule has 3 N–H and O–H groups in total. The smallest absolute Gasteiger partial charge is 0.248 e. The van der Waals surface area contributed by atoms with Gasteiger partial charge in [0.2, 0.25) is 29.5 Å². The monoisotopic (exact) mass is 592 g/mol. The summed E-state index contributed by atoms with van der Waals surface area (Å²) in [6.07, 6.45) is -1.25. The van der Waals surface area contributed by atoms with Crippen LogP contribution < -0.4 is 16.0 Å². The molecule has 1 aliphatic heterocycles. The van der Waals surface area contributed by atoms with Gasteiger partial charge in [-0.3, -0.25) is 28.9 Å². The van der Waals surface area contributed by atoms with Crippen LogP contribution in [-0.2, 0) is 28.7 Å². The Labute approximate surface area is 198 Å². The van der Waals surface area contributed by atoms with Crippen molar-refractivity contribution in [1.29, 1.82) is 0 Å². The minimum atomic E-state index is -0.984. The quantitative estimate of drug-likeness (QED) is 0.131. The SMILES string of the molecule is COC(C)C(=O)NCCC(=O)NC(C)NC(=O)C(C)N1C(=O)CC(SSSI)C1=O. The van der Waals surface area contributed by atoms with E-state index in [9.17, 15) is 24.0 Å². The molecule has 170 valence electrons. The van der Waals surface area contributed by atoms with Gasteiger partial charge >= 0.3 is 0 Å². The molecule has 0 aromatic carbocycles. The van der Waals surface area contributed by atoms with E-state index in [1.807, 2.05) is 0 Å². The summed E-state index contributed by atoms with van der Waals surface area (Å²) in [4.78, 5) is 61.6. The number of likely N-dealkylation sites (tertiary alicyclic amines) is 1. The molecule has 1 rings (SSSR count). The molecule has 30 heavy (non-hydrogen) atoms. The fraction of sp³-hybridized carbons (Fsp3) is 0.688. The van der Waals surface area contributed by atoms with Gasteiger partial charge in [0.15, 0.2) is 0 Å². The number of hydrogen-bond acceptors (Lipinski definition) is 9. The van der Waals surface area contributed by atoms with Gasteiger partial charge in [-0.2, -0.15) is 0 Å². The van der Waals surface area contributed by atoms with Gasteiger partial charge in [-0.05, 0) is 38.6 Å². The zero-order valence-corrected chi connectivity index (χ0v) is 21.5. The van der Waals surface area contributed by atoms with E-state index >= 15 is 0 Å². The molecular formula is C16H25IN4O6S3. The van der Waals surface area contributed by atoms with Crippen molar-refractivity contribution in [2.24, 2.45) is 0 Å². The number of hydrogen-bond donors (Lipinski definition) is 3. The maximum absolute atomic E-state index is 12.4. The second-order valence-corrected chi connectivity index (χ2v) is 13.3. The van der Waals surface area contributed by atoms with Crippen LogP contribution in [0.2, 0.25) is 0 Å². The van der Waals surface area contributed by atoms with Crippen LogP contribution in [0.5, 0.6) is 0 Å². The van der Waals surface area contributed by atoms with Crippen LogP contribution in [0.1, 0.15) is 33.6 Å². The third kappa shape index (κ3) is 8.43. The summed E-state index contributed by atoms with van der Waals surface area (Å²) >= 11 is 2.08. The maximum atomic E-state index is 12.4. The number of halogens is 1. The van der Waals surface area contributed by atoms with E-state index in [0.717, 1.165) is 4.90 Å². The molecule has 0 radical (unpaired) electrons. The number of methoxy groups -OCH3 is 1. The summed E-state index contributed by atoms with van der Waals surface area (Å²) < 4.78 is 4.87. The highest BCUT2D eigenvalue weighted by molar-refractivity contribution is 14.2. The molecule has 4 unspecified atom stereocenters. The Morgan fingerprint density at radius 2 is 1.87 bits per heavy atom. The fourth-order valence-electron chi connectivity index (χ4n) is 2.52.